The molecule has 0 saturated heterocycles. The minimum Gasteiger partial charge on any atom is -0.308 e. The molecule has 0 unspecified atom stereocenters. The summed E-state index contributed by atoms with van der Waals surface area (Å²) in [5, 5.41) is 5.74. The van der Waals surface area contributed by atoms with E-state index in [1.54, 1.807) is 67.0 Å². The number of carbonyl (C=O) groups is 2. The zero-order valence-electron chi connectivity index (χ0n) is 16.0. The normalized spacial score (nSPS) is 10.6. The number of benzene rings is 2. The van der Waals surface area contributed by atoms with E-state index < -0.39 is 6.03 Å². The fraction of sp³-hybridized carbons (Fsp3) is 0.0455. The lowest BCUT2D eigenvalue weighted by molar-refractivity contribution is 0.101. The van der Waals surface area contributed by atoms with Gasteiger partial charge in [0.15, 0.2) is 5.78 Å². The Labute approximate surface area is 171 Å². The number of urea groups is 1. The number of nitrogens with one attached hydrogen (secondary N) is 2. The summed E-state index contributed by atoms with van der Waals surface area (Å²) in [4.78, 5) is 45.0. The molecule has 0 fully saturated rings. The number of hydrogen-bond donors (Lipinski definition) is 2. The van der Waals surface area contributed by atoms with Crippen LogP contribution < -0.4 is 16.2 Å². The lowest BCUT2D eigenvalue weighted by Crippen LogP contribution is -2.21. The summed E-state index contributed by atoms with van der Waals surface area (Å²) in [5.74, 6) is -0.0911. The van der Waals surface area contributed by atoms with Gasteiger partial charge in [0.2, 0.25) is 0 Å². The summed E-state index contributed by atoms with van der Waals surface area (Å²) in [6, 6.07) is 14.5. The first-order valence-corrected chi connectivity index (χ1v) is 9.12. The van der Waals surface area contributed by atoms with Crippen molar-refractivity contribution in [2.24, 2.45) is 0 Å². The zero-order chi connectivity index (χ0) is 21.1. The molecule has 8 heteroatoms. The number of aromatic nitrogens is 3. The van der Waals surface area contributed by atoms with Gasteiger partial charge in [-0.2, -0.15) is 0 Å². The van der Waals surface area contributed by atoms with Crippen LogP contribution >= 0.6 is 0 Å². The second-order valence-corrected chi connectivity index (χ2v) is 6.57. The van der Waals surface area contributed by atoms with Crippen LogP contribution in [0.4, 0.5) is 16.2 Å². The molecule has 4 rings (SSSR count). The van der Waals surface area contributed by atoms with Crippen LogP contribution in [0.3, 0.4) is 0 Å². The highest BCUT2D eigenvalue weighted by atomic mass is 16.2. The molecule has 2 amide bonds. The minimum atomic E-state index is -0.492. The number of Topliss-reactive ketones (excluding diaryl/α,β-unsaturated/α-hetero) is 1. The maximum atomic E-state index is 12.9. The predicted octanol–water partition coefficient (Wildman–Crippen LogP) is 3.63. The van der Waals surface area contributed by atoms with Gasteiger partial charge in [-0.15, -0.1) is 0 Å². The maximum absolute atomic E-state index is 12.9. The van der Waals surface area contributed by atoms with E-state index in [1.165, 1.54) is 17.8 Å². The van der Waals surface area contributed by atoms with Gasteiger partial charge < -0.3 is 10.6 Å². The van der Waals surface area contributed by atoms with Crippen molar-refractivity contribution in [1.29, 1.82) is 0 Å². The van der Waals surface area contributed by atoms with Crippen molar-refractivity contribution in [3.8, 4) is 5.69 Å². The predicted molar refractivity (Wildman–Crippen MR) is 114 cm³/mol. The van der Waals surface area contributed by atoms with E-state index in [0.29, 0.717) is 33.5 Å². The Bertz CT molecular complexity index is 1320. The van der Waals surface area contributed by atoms with E-state index in [2.05, 4.69) is 20.6 Å². The molecule has 0 atom stereocenters. The molecule has 0 aliphatic carbocycles. The first-order valence-electron chi connectivity index (χ1n) is 9.12. The fourth-order valence-corrected chi connectivity index (χ4v) is 3.00. The van der Waals surface area contributed by atoms with Crippen LogP contribution in [0, 0.1) is 0 Å². The van der Waals surface area contributed by atoms with Crippen molar-refractivity contribution in [3.05, 3.63) is 89.2 Å². The molecule has 148 valence electrons. The molecule has 0 spiro atoms. The molecule has 0 bridgehead atoms. The number of amides is 2. The number of ketones is 1. The Morgan fingerprint density at radius 1 is 0.933 bits per heavy atom. The molecule has 2 N–H and O–H groups in total. The zero-order valence-corrected chi connectivity index (χ0v) is 16.0. The summed E-state index contributed by atoms with van der Waals surface area (Å²) in [7, 11) is 0. The van der Waals surface area contributed by atoms with Crippen molar-refractivity contribution in [3.63, 3.8) is 0 Å². The van der Waals surface area contributed by atoms with Crippen molar-refractivity contribution in [2.45, 2.75) is 6.92 Å². The third-order valence-electron chi connectivity index (χ3n) is 4.48. The van der Waals surface area contributed by atoms with Crippen LogP contribution in [0.25, 0.3) is 16.6 Å². The van der Waals surface area contributed by atoms with E-state index in [9.17, 15) is 14.4 Å². The van der Waals surface area contributed by atoms with Gasteiger partial charge >= 0.3 is 6.03 Å². The van der Waals surface area contributed by atoms with Gasteiger partial charge in [-0.05, 0) is 49.4 Å². The van der Waals surface area contributed by atoms with Crippen LogP contribution in [-0.4, -0.2) is 26.3 Å². The van der Waals surface area contributed by atoms with E-state index in [-0.39, 0.29) is 11.3 Å². The fourth-order valence-electron chi connectivity index (χ4n) is 3.00. The highest BCUT2D eigenvalue weighted by Gasteiger charge is 2.09. The summed E-state index contributed by atoms with van der Waals surface area (Å²) in [5.41, 5.74) is 2.33. The number of fused-ring (bicyclic) bond motifs is 1. The number of hydrogen-bond acceptors (Lipinski definition) is 5. The average molecular weight is 399 g/mol. The average Bonchev–Trinajstić information content (AvgIpc) is 2.75. The third-order valence-corrected chi connectivity index (χ3v) is 4.48. The lowest BCUT2D eigenvalue weighted by Gasteiger charge is -2.10. The summed E-state index contributed by atoms with van der Waals surface area (Å²) in [6.45, 7) is 1.46. The van der Waals surface area contributed by atoms with Crippen LogP contribution in [0.2, 0.25) is 0 Å². The number of carbonyl (C=O) groups excluding carboxylic acids is 2. The largest absolute Gasteiger partial charge is 0.323 e. The Balaban J connectivity index is 1.59. The number of pyridine rings is 1. The monoisotopic (exact) mass is 399 g/mol. The number of nitrogens with zero attached hydrogens (tertiary/aromatic N) is 3. The molecule has 2 heterocycles. The van der Waals surface area contributed by atoms with Gasteiger partial charge in [-0.1, -0.05) is 12.1 Å². The molecule has 2 aromatic heterocycles. The highest BCUT2D eigenvalue weighted by molar-refractivity contribution is 6.02. The van der Waals surface area contributed by atoms with Gasteiger partial charge in [0, 0.05) is 29.3 Å². The molecule has 4 aromatic rings. The van der Waals surface area contributed by atoms with Crippen molar-refractivity contribution in [1.82, 2.24) is 14.5 Å². The van der Waals surface area contributed by atoms with E-state index in [1.807, 2.05) is 0 Å². The van der Waals surface area contributed by atoms with Gasteiger partial charge in [0.05, 0.1) is 16.6 Å². The van der Waals surface area contributed by atoms with Crippen LogP contribution in [0.5, 0.6) is 0 Å². The Hall–Kier alpha value is -4.33. The summed E-state index contributed by atoms with van der Waals surface area (Å²) in [6.07, 6.45) is 4.65. The lowest BCUT2D eigenvalue weighted by atomic mass is 10.1. The quantitative estimate of drug-likeness (QED) is 0.510. The Morgan fingerprint density at radius 2 is 1.67 bits per heavy atom. The first-order chi connectivity index (χ1) is 14.5. The topological polar surface area (TPSA) is 106 Å². The molecule has 0 radical (unpaired) electrons. The smallest absolute Gasteiger partial charge is 0.308 e. The van der Waals surface area contributed by atoms with Crippen molar-refractivity contribution >= 4 is 34.1 Å². The first kappa shape index (κ1) is 19.0. The SMILES string of the molecule is CC(=O)c1cccc(NC(=O)Nc2ccc3ncn(-c4ccncc4)c(=O)c3c2)c1. The molecular formula is C22H17N5O3. The van der Waals surface area contributed by atoms with Crippen LogP contribution in [0.15, 0.2) is 78.1 Å². The van der Waals surface area contributed by atoms with Crippen LogP contribution in [0.1, 0.15) is 17.3 Å². The second kappa shape index (κ2) is 7.96. The number of anilines is 2. The molecule has 0 aliphatic heterocycles. The Morgan fingerprint density at radius 3 is 2.40 bits per heavy atom. The molecule has 8 nitrogen and oxygen atoms in total. The summed E-state index contributed by atoms with van der Waals surface area (Å²) >= 11 is 0. The van der Waals surface area contributed by atoms with Gasteiger partial charge in [0.25, 0.3) is 5.56 Å². The molecule has 0 saturated carbocycles. The highest BCUT2D eigenvalue weighted by Crippen LogP contribution is 2.17. The molecule has 30 heavy (non-hydrogen) atoms. The maximum Gasteiger partial charge on any atom is 0.323 e. The summed E-state index contributed by atoms with van der Waals surface area (Å²) < 4.78 is 1.42. The standard InChI is InChI=1S/C22H17N5O3/c1-14(28)15-3-2-4-16(11-15)25-22(30)26-17-5-6-20-19(12-17)21(29)27(13-24-20)18-7-9-23-10-8-18/h2-13H,1H3,(H2,25,26,30). The molecule has 0 aliphatic rings. The number of rotatable bonds is 4. The van der Waals surface area contributed by atoms with Crippen LogP contribution in [-0.2, 0) is 0 Å². The van der Waals surface area contributed by atoms with E-state index >= 15 is 0 Å². The van der Waals surface area contributed by atoms with Gasteiger partial charge in [-0.3, -0.25) is 19.1 Å². The molecule has 2 aromatic carbocycles. The third kappa shape index (κ3) is 3.93. The van der Waals surface area contributed by atoms with E-state index in [4.69, 9.17) is 0 Å². The minimum absolute atomic E-state index is 0.0911. The van der Waals surface area contributed by atoms with Crippen molar-refractivity contribution < 1.29 is 9.59 Å². The molecular weight excluding hydrogens is 382 g/mol. The van der Waals surface area contributed by atoms with Gasteiger partial charge in [0.1, 0.15) is 6.33 Å². The van der Waals surface area contributed by atoms with E-state index in [0.717, 1.165) is 0 Å². The Kier molecular flexibility index (Phi) is 5.04. The van der Waals surface area contributed by atoms with Gasteiger partial charge in [-0.25, -0.2) is 9.78 Å². The second-order valence-electron chi connectivity index (χ2n) is 6.57. The van der Waals surface area contributed by atoms with Crippen molar-refractivity contribution in [2.75, 3.05) is 10.6 Å².